The maximum absolute atomic E-state index is 6.42. The second-order valence-electron chi connectivity index (χ2n) is 7.16. The molecule has 0 saturated heterocycles. The maximum Gasteiger partial charge on any atom is 0.0823 e. The fraction of sp³-hybridized carbons (Fsp3) is 0.364. The summed E-state index contributed by atoms with van der Waals surface area (Å²) in [6, 6.07) is 10.7. The van der Waals surface area contributed by atoms with Crippen LogP contribution in [0, 0.1) is 11.8 Å². The SMILES string of the molecule is COC1C=CC=CC1C1c2cc(Cl)ccc2-n2cccc2CCC1C. The lowest BCUT2D eigenvalue weighted by molar-refractivity contribution is 0.0848. The van der Waals surface area contributed by atoms with E-state index in [1.807, 2.05) is 6.07 Å². The van der Waals surface area contributed by atoms with Crippen LogP contribution in [0.25, 0.3) is 5.69 Å². The van der Waals surface area contributed by atoms with Crippen molar-refractivity contribution in [1.82, 2.24) is 4.57 Å². The molecular weight excluding hydrogens is 330 g/mol. The number of aromatic nitrogens is 1. The normalized spacial score (nSPS) is 28.1. The first-order chi connectivity index (χ1) is 12.2. The number of halogens is 1. The fourth-order valence-electron chi connectivity index (χ4n) is 4.48. The summed E-state index contributed by atoms with van der Waals surface area (Å²) in [4.78, 5) is 0. The second-order valence-corrected chi connectivity index (χ2v) is 7.60. The van der Waals surface area contributed by atoms with Crippen LogP contribution >= 0.6 is 11.6 Å². The monoisotopic (exact) mass is 353 g/mol. The van der Waals surface area contributed by atoms with Crippen LogP contribution in [-0.2, 0) is 11.2 Å². The number of benzene rings is 1. The molecule has 2 aromatic rings. The summed E-state index contributed by atoms with van der Waals surface area (Å²) in [6.45, 7) is 2.37. The third-order valence-corrected chi connectivity index (χ3v) is 5.96. The van der Waals surface area contributed by atoms with Crippen LogP contribution in [0.4, 0.5) is 0 Å². The van der Waals surface area contributed by atoms with Gasteiger partial charge in [0.05, 0.1) is 6.10 Å². The topological polar surface area (TPSA) is 14.2 Å². The van der Waals surface area contributed by atoms with E-state index < -0.39 is 0 Å². The Labute approximate surface area is 154 Å². The first-order valence-corrected chi connectivity index (χ1v) is 9.40. The largest absolute Gasteiger partial charge is 0.377 e. The molecule has 1 aliphatic carbocycles. The molecule has 130 valence electrons. The van der Waals surface area contributed by atoms with E-state index in [1.54, 1.807) is 7.11 Å². The Morgan fingerprint density at radius 3 is 2.84 bits per heavy atom. The zero-order chi connectivity index (χ0) is 17.4. The van der Waals surface area contributed by atoms with Crippen molar-refractivity contribution >= 4 is 11.6 Å². The van der Waals surface area contributed by atoms with E-state index in [-0.39, 0.29) is 6.10 Å². The molecule has 4 rings (SSSR count). The van der Waals surface area contributed by atoms with Gasteiger partial charge in [0.1, 0.15) is 0 Å². The molecule has 2 heterocycles. The van der Waals surface area contributed by atoms with Gasteiger partial charge in [0.15, 0.2) is 0 Å². The van der Waals surface area contributed by atoms with E-state index in [9.17, 15) is 0 Å². The third-order valence-electron chi connectivity index (χ3n) is 5.72. The van der Waals surface area contributed by atoms with Crippen LogP contribution in [0.1, 0.15) is 30.5 Å². The molecule has 0 bridgehead atoms. The Hall–Kier alpha value is -1.77. The van der Waals surface area contributed by atoms with E-state index in [2.05, 4.69) is 66.3 Å². The van der Waals surface area contributed by atoms with E-state index in [4.69, 9.17) is 16.3 Å². The predicted octanol–water partition coefficient (Wildman–Crippen LogP) is 5.55. The van der Waals surface area contributed by atoms with Gasteiger partial charge < -0.3 is 9.30 Å². The Kier molecular flexibility index (Phi) is 4.58. The zero-order valence-corrected chi connectivity index (χ0v) is 15.5. The van der Waals surface area contributed by atoms with E-state index in [0.29, 0.717) is 17.8 Å². The molecule has 0 N–H and O–H groups in total. The lowest BCUT2D eigenvalue weighted by Gasteiger charge is -2.37. The van der Waals surface area contributed by atoms with E-state index in [1.165, 1.54) is 16.9 Å². The quantitative estimate of drug-likeness (QED) is 0.690. The number of aryl methyl sites for hydroxylation is 1. The molecule has 2 aliphatic rings. The van der Waals surface area contributed by atoms with Gasteiger partial charge in [0.25, 0.3) is 0 Å². The smallest absolute Gasteiger partial charge is 0.0823 e. The Bertz CT molecular complexity index is 819. The first kappa shape index (κ1) is 16.7. The summed E-state index contributed by atoms with van der Waals surface area (Å²) in [5, 5.41) is 0.800. The minimum absolute atomic E-state index is 0.104. The van der Waals surface area contributed by atoms with Crippen molar-refractivity contribution in [3.8, 4) is 5.69 Å². The summed E-state index contributed by atoms with van der Waals surface area (Å²) in [6.07, 6.45) is 13.2. The lowest BCUT2D eigenvalue weighted by Crippen LogP contribution is -2.32. The molecule has 0 spiro atoms. The van der Waals surface area contributed by atoms with Crippen molar-refractivity contribution in [1.29, 1.82) is 0 Å². The van der Waals surface area contributed by atoms with Crippen LogP contribution in [0.2, 0.25) is 5.02 Å². The Morgan fingerprint density at radius 1 is 1.16 bits per heavy atom. The number of rotatable bonds is 2. The zero-order valence-electron chi connectivity index (χ0n) is 14.7. The van der Waals surface area contributed by atoms with Gasteiger partial charge >= 0.3 is 0 Å². The molecule has 4 unspecified atom stereocenters. The molecule has 0 saturated carbocycles. The lowest BCUT2D eigenvalue weighted by atomic mass is 9.71. The van der Waals surface area contributed by atoms with Crippen LogP contribution in [0.15, 0.2) is 60.8 Å². The Morgan fingerprint density at radius 2 is 2.00 bits per heavy atom. The number of ether oxygens (including phenoxy) is 1. The molecule has 2 nitrogen and oxygen atoms in total. The maximum atomic E-state index is 6.42. The summed E-state index contributed by atoms with van der Waals surface area (Å²) in [5.74, 6) is 1.23. The highest BCUT2D eigenvalue weighted by Crippen LogP contribution is 2.44. The highest BCUT2D eigenvalue weighted by Gasteiger charge is 2.35. The number of hydrogen-bond acceptors (Lipinski definition) is 1. The summed E-state index contributed by atoms with van der Waals surface area (Å²) >= 11 is 6.42. The van der Waals surface area contributed by atoms with Crippen molar-refractivity contribution < 1.29 is 4.74 Å². The predicted molar refractivity (Wildman–Crippen MR) is 104 cm³/mol. The highest BCUT2D eigenvalue weighted by atomic mass is 35.5. The van der Waals surface area contributed by atoms with Crippen molar-refractivity contribution in [2.24, 2.45) is 11.8 Å². The van der Waals surface area contributed by atoms with E-state index in [0.717, 1.165) is 17.9 Å². The first-order valence-electron chi connectivity index (χ1n) is 9.03. The van der Waals surface area contributed by atoms with Gasteiger partial charge in [0, 0.05) is 35.6 Å². The van der Waals surface area contributed by atoms with Crippen molar-refractivity contribution in [2.75, 3.05) is 7.11 Å². The molecule has 0 amide bonds. The van der Waals surface area contributed by atoms with Crippen LogP contribution < -0.4 is 0 Å². The van der Waals surface area contributed by atoms with Gasteiger partial charge in [-0.1, -0.05) is 42.8 Å². The highest BCUT2D eigenvalue weighted by molar-refractivity contribution is 6.30. The van der Waals surface area contributed by atoms with Crippen LogP contribution in [0.5, 0.6) is 0 Å². The molecule has 3 heteroatoms. The number of methoxy groups -OCH3 is 1. The summed E-state index contributed by atoms with van der Waals surface area (Å²) in [5.41, 5.74) is 3.94. The van der Waals surface area contributed by atoms with E-state index >= 15 is 0 Å². The molecule has 1 aromatic heterocycles. The van der Waals surface area contributed by atoms with Gasteiger partial charge in [-0.2, -0.15) is 0 Å². The molecule has 1 aromatic carbocycles. The van der Waals surface area contributed by atoms with Gasteiger partial charge in [0.2, 0.25) is 0 Å². The number of nitrogens with zero attached hydrogens (tertiary/aromatic N) is 1. The van der Waals surface area contributed by atoms with Crippen LogP contribution in [0.3, 0.4) is 0 Å². The average molecular weight is 354 g/mol. The minimum atomic E-state index is 0.104. The molecule has 0 fully saturated rings. The molecule has 1 aliphatic heterocycles. The van der Waals surface area contributed by atoms with Gasteiger partial charge in [-0.05, 0) is 60.6 Å². The van der Waals surface area contributed by atoms with Crippen molar-refractivity contribution in [2.45, 2.75) is 31.8 Å². The number of fused-ring (bicyclic) bond motifs is 3. The molecular formula is C22H24ClNO. The number of hydrogen-bond donors (Lipinski definition) is 0. The fourth-order valence-corrected chi connectivity index (χ4v) is 4.66. The van der Waals surface area contributed by atoms with Crippen LogP contribution in [-0.4, -0.2) is 17.8 Å². The standard InChI is InChI=1S/C22H24ClNO/c1-15-9-11-17-6-5-13-24(17)20-12-10-16(23)14-19(20)22(15)18-7-3-4-8-21(18)25-2/h3-8,10,12-15,18,21-22H,9,11H2,1-2H3. The molecule has 0 radical (unpaired) electrons. The summed E-state index contributed by atoms with van der Waals surface area (Å²) in [7, 11) is 1.80. The molecule has 25 heavy (non-hydrogen) atoms. The average Bonchev–Trinajstić information content (AvgIpc) is 3.08. The van der Waals surface area contributed by atoms with Crippen molar-refractivity contribution in [3.05, 3.63) is 77.1 Å². The second kappa shape index (κ2) is 6.86. The minimum Gasteiger partial charge on any atom is -0.377 e. The third kappa shape index (κ3) is 2.98. The number of allylic oxidation sites excluding steroid dienone is 2. The van der Waals surface area contributed by atoms with Crippen molar-refractivity contribution in [3.63, 3.8) is 0 Å². The molecule has 4 atom stereocenters. The van der Waals surface area contributed by atoms with Gasteiger partial charge in [-0.3, -0.25) is 0 Å². The Balaban J connectivity index is 1.89. The van der Waals surface area contributed by atoms with Gasteiger partial charge in [-0.15, -0.1) is 0 Å². The summed E-state index contributed by atoms with van der Waals surface area (Å²) < 4.78 is 8.13. The van der Waals surface area contributed by atoms with Gasteiger partial charge in [-0.25, -0.2) is 0 Å².